The second-order valence-electron chi connectivity index (χ2n) is 4.47. The topological polar surface area (TPSA) is 38.3 Å². The summed E-state index contributed by atoms with van der Waals surface area (Å²) in [6, 6.07) is 20.6. The van der Waals surface area contributed by atoms with Crippen molar-refractivity contribution in [3.8, 4) is 5.75 Å². The molecule has 3 nitrogen and oxygen atoms in total. The fraction of sp³-hybridized carbons (Fsp3) is 0. The maximum atomic E-state index is 12.0. The summed E-state index contributed by atoms with van der Waals surface area (Å²) >= 11 is 3.51. The zero-order valence-electron chi connectivity index (χ0n) is 11.0. The van der Waals surface area contributed by atoms with Gasteiger partial charge in [0.1, 0.15) is 5.75 Å². The van der Waals surface area contributed by atoms with Crippen LogP contribution in [0, 0.1) is 0 Å². The number of para-hydroxylation sites is 1. The number of halogens is 1. The van der Waals surface area contributed by atoms with Crippen LogP contribution in [0.2, 0.25) is 0 Å². The first-order valence-corrected chi connectivity index (χ1v) is 7.24. The molecule has 3 aromatic rings. The molecule has 0 radical (unpaired) electrons. The summed E-state index contributed by atoms with van der Waals surface area (Å²) in [5.41, 5.74) is 0.717. The molecule has 0 bridgehead atoms. The number of carbonyl (C=O) groups excluding carboxylic acids is 1. The number of carbonyl (C=O) groups is 1. The quantitative estimate of drug-likeness (QED) is 0.694. The standard InChI is InChI=1S/C17H12BrNO2/c18-15-10-11-16(14-9-5-4-8-13(14)15)19-17(20)21-12-6-2-1-3-7-12/h1-11H,(H,19,20). The molecule has 4 heteroatoms. The molecule has 0 aliphatic rings. The Morgan fingerprint density at radius 1 is 0.857 bits per heavy atom. The number of ether oxygens (including phenoxy) is 1. The van der Waals surface area contributed by atoms with Crippen LogP contribution in [0.4, 0.5) is 10.5 Å². The van der Waals surface area contributed by atoms with Gasteiger partial charge in [-0.1, -0.05) is 58.4 Å². The van der Waals surface area contributed by atoms with E-state index in [0.717, 1.165) is 20.9 Å². The summed E-state index contributed by atoms with van der Waals surface area (Å²) in [5, 5.41) is 4.77. The maximum absolute atomic E-state index is 12.0. The minimum absolute atomic E-state index is 0.506. The van der Waals surface area contributed by atoms with Crippen LogP contribution in [0.3, 0.4) is 0 Å². The van der Waals surface area contributed by atoms with Crippen LogP contribution in [-0.4, -0.2) is 6.09 Å². The molecule has 3 aromatic carbocycles. The predicted octanol–water partition coefficient (Wildman–Crippen LogP) is 5.21. The van der Waals surface area contributed by atoms with E-state index in [0.29, 0.717) is 5.75 Å². The number of benzene rings is 3. The average molecular weight is 342 g/mol. The van der Waals surface area contributed by atoms with Crippen molar-refractivity contribution in [2.75, 3.05) is 5.32 Å². The third-order valence-electron chi connectivity index (χ3n) is 3.06. The Labute approximate surface area is 130 Å². The minimum atomic E-state index is -0.506. The third kappa shape index (κ3) is 3.06. The Morgan fingerprint density at radius 3 is 2.29 bits per heavy atom. The Kier molecular flexibility index (Phi) is 3.88. The molecule has 1 N–H and O–H groups in total. The molecule has 0 aromatic heterocycles. The van der Waals surface area contributed by atoms with E-state index in [2.05, 4.69) is 21.2 Å². The summed E-state index contributed by atoms with van der Waals surface area (Å²) in [4.78, 5) is 12.0. The summed E-state index contributed by atoms with van der Waals surface area (Å²) in [7, 11) is 0. The highest BCUT2D eigenvalue weighted by Crippen LogP contribution is 2.30. The van der Waals surface area contributed by atoms with E-state index >= 15 is 0 Å². The molecule has 0 heterocycles. The van der Waals surface area contributed by atoms with Crippen LogP contribution in [0.5, 0.6) is 5.75 Å². The van der Waals surface area contributed by atoms with Crippen molar-refractivity contribution in [1.29, 1.82) is 0 Å². The first kappa shape index (κ1) is 13.6. The van der Waals surface area contributed by atoms with E-state index < -0.39 is 6.09 Å². The summed E-state index contributed by atoms with van der Waals surface area (Å²) in [6.45, 7) is 0. The van der Waals surface area contributed by atoms with Crippen LogP contribution in [0.1, 0.15) is 0 Å². The number of hydrogen-bond donors (Lipinski definition) is 1. The lowest BCUT2D eigenvalue weighted by molar-refractivity contribution is 0.215. The SMILES string of the molecule is O=C(Nc1ccc(Br)c2ccccc12)Oc1ccccc1. The zero-order chi connectivity index (χ0) is 14.7. The van der Waals surface area contributed by atoms with Crippen molar-refractivity contribution in [3.63, 3.8) is 0 Å². The highest BCUT2D eigenvalue weighted by molar-refractivity contribution is 9.10. The van der Waals surface area contributed by atoms with E-state index in [1.807, 2.05) is 54.6 Å². The largest absolute Gasteiger partial charge is 0.417 e. The van der Waals surface area contributed by atoms with E-state index in [9.17, 15) is 4.79 Å². The molecular weight excluding hydrogens is 330 g/mol. The molecule has 0 unspecified atom stereocenters. The second kappa shape index (κ2) is 5.97. The smallest absolute Gasteiger partial charge is 0.410 e. The van der Waals surface area contributed by atoms with Crippen molar-refractivity contribution in [2.24, 2.45) is 0 Å². The highest BCUT2D eigenvalue weighted by atomic mass is 79.9. The molecule has 0 aliphatic heterocycles. The number of rotatable bonds is 2. The zero-order valence-corrected chi connectivity index (χ0v) is 12.6. The molecule has 3 rings (SSSR count). The number of anilines is 1. The van der Waals surface area contributed by atoms with Crippen molar-refractivity contribution in [2.45, 2.75) is 0 Å². The van der Waals surface area contributed by atoms with Gasteiger partial charge in [-0.15, -0.1) is 0 Å². The van der Waals surface area contributed by atoms with Crippen LogP contribution in [0.15, 0.2) is 71.2 Å². The third-order valence-corrected chi connectivity index (χ3v) is 3.75. The highest BCUT2D eigenvalue weighted by Gasteiger charge is 2.09. The molecule has 0 atom stereocenters. The molecule has 21 heavy (non-hydrogen) atoms. The molecular formula is C17H12BrNO2. The number of nitrogens with one attached hydrogen (secondary N) is 1. The Bertz CT molecular complexity index is 787. The van der Waals surface area contributed by atoms with Crippen LogP contribution >= 0.6 is 15.9 Å². The predicted molar refractivity (Wildman–Crippen MR) is 87.7 cm³/mol. The summed E-state index contributed by atoms with van der Waals surface area (Å²) in [6.07, 6.45) is -0.506. The lowest BCUT2D eigenvalue weighted by atomic mass is 10.1. The first-order chi connectivity index (χ1) is 10.2. The van der Waals surface area contributed by atoms with E-state index in [1.54, 1.807) is 12.1 Å². The Balaban J connectivity index is 1.85. The second-order valence-corrected chi connectivity index (χ2v) is 5.32. The Hall–Kier alpha value is -2.33. The maximum Gasteiger partial charge on any atom is 0.417 e. The lowest BCUT2D eigenvalue weighted by Crippen LogP contribution is -2.16. The van der Waals surface area contributed by atoms with Crippen LogP contribution in [-0.2, 0) is 0 Å². The molecule has 104 valence electrons. The van der Waals surface area contributed by atoms with Crippen molar-refractivity contribution in [3.05, 3.63) is 71.2 Å². The molecule has 0 aliphatic carbocycles. The van der Waals surface area contributed by atoms with Gasteiger partial charge in [0.15, 0.2) is 0 Å². The average Bonchev–Trinajstić information content (AvgIpc) is 2.51. The van der Waals surface area contributed by atoms with Gasteiger partial charge in [-0.05, 0) is 29.7 Å². The van der Waals surface area contributed by atoms with Gasteiger partial charge >= 0.3 is 6.09 Å². The number of fused-ring (bicyclic) bond motifs is 1. The number of amides is 1. The molecule has 0 saturated carbocycles. The normalized spacial score (nSPS) is 10.3. The molecule has 0 saturated heterocycles. The van der Waals surface area contributed by atoms with Crippen LogP contribution < -0.4 is 10.1 Å². The van der Waals surface area contributed by atoms with Gasteiger partial charge in [0, 0.05) is 9.86 Å². The van der Waals surface area contributed by atoms with Gasteiger partial charge < -0.3 is 4.74 Å². The fourth-order valence-corrected chi connectivity index (χ4v) is 2.58. The van der Waals surface area contributed by atoms with Crippen LogP contribution in [0.25, 0.3) is 10.8 Å². The van der Waals surface area contributed by atoms with Crippen molar-refractivity contribution in [1.82, 2.24) is 0 Å². The van der Waals surface area contributed by atoms with Gasteiger partial charge in [-0.3, -0.25) is 5.32 Å². The van der Waals surface area contributed by atoms with E-state index in [4.69, 9.17) is 4.74 Å². The van der Waals surface area contributed by atoms with Gasteiger partial charge in [0.2, 0.25) is 0 Å². The monoisotopic (exact) mass is 341 g/mol. The first-order valence-electron chi connectivity index (χ1n) is 6.45. The molecule has 1 amide bonds. The van der Waals surface area contributed by atoms with Crippen molar-refractivity contribution >= 4 is 38.5 Å². The molecule has 0 spiro atoms. The van der Waals surface area contributed by atoms with Gasteiger partial charge in [-0.2, -0.15) is 0 Å². The fourth-order valence-electron chi connectivity index (χ4n) is 2.10. The summed E-state index contributed by atoms with van der Waals surface area (Å²) < 4.78 is 6.22. The Morgan fingerprint density at radius 2 is 1.52 bits per heavy atom. The van der Waals surface area contributed by atoms with Crippen molar-refractivity contribution < 1.29 is 9.53 Å². The van der Waals surface area contributed by atoms with Gasteiger partial charge in [0.25, 0.3) is 0 Å². The molecule has 0 fully saturated rings. The minimum Gasteiger partial charge on any atom is -0.410 e. The van der Waals surface area contributed by atoms with Gasteiger partial charge in [0.05, 0.1) is 5.69 Å². The van der Waals surface area contributed by atoms with E-state index in [-0.39, 0.29) is 0 Å². The lowest BCUT2D eigenvalue weighted by Gasteiger charge is -2.10. The van der Waals surface area contributed by atoms with Gasteiger partial charge in [-0.25, -0.2) is 4.79 Å². The number of hydrogen-bond acceptors (Lipinski definition) is 2. The van der Waals surface area contributed by atoms with E-state index in [1.165, 1.54) is 0 Å². The summed E-state index contributed by atoms with van der Waals surface area (Å²) in [5.74, 6) is 0.511.